The van der Waals surface area contributed by atoms with Gasteiger partial charge in [-0.15, -0.1) is 0 Å². The van der Waals surface area contributed by atoms with Crippen LogP contribution in [0.3, 0.4) is 0 Å². The molecule has 9 heteroatoms. The molecule has 2 aromatic carbocycles. The third kappa shape index (κ3) is 7.63. The summed E-state index contributed by atoms with van der Waals surface area (Å²) in [6.45, 7) is 10.7. The van der Waals surface area contributed by atoms with Gasteiger partial charge in [-0.3, -0.25) is 4.79 Å². The first-order valence-electron chi connectivity index (χ1n) is 12.3. The van der Waals surface area contributed by atoms with Crippen LogP contribution in [0.1, 0.15) is 44.0 Å². The van der Waals surface area contributed by atoms with Crippen molar-refractivity contribution in [1.82, 2.24) is 14.7 Å². The molecule has 0 radical (unpaired) electrons. The maximum Gasteiger partial charge on any atom is 0.322 e. The van der Waals surface area contributed by atoms with Gasteiger partial charge in [0.1, 0.15) is 18.2 Å². The van der Waals surface area contributed by atoms with Crippen molar-refractivity contribution < 1.29 is 18.7 Å². The van der Waals surface area contributed by atoms with Crippen LogP contribution in [0.15, 0.2) is 48.5 Å². The summed E-state index contributed by atoms with van der Waals surface area (Å²) in [4.78, 5) is 27.5. The normalized spacial score (nSPS) is 11.3. The lowest BCUT2D eigenvalue weighted by atomic mass is 9.92. The van der Waals surface area contributed by atoms with E-state index >= 15 is 0 Å². The molecule has 198 valence electrons. The van der Waals surface area contributed by atoms with Gasteiger partial charge in [0.25, 0.3) is 0 Å². The van der Waals surface area contributed by atoms with E-state index in [9.17, 15) is 14.0 Å². The first kappa shape index (κ1) is 27.9. The van der Waals surface area contributed by atoms with E-state index in [1.165, 1.54) is 23.1 Å². The molecule has 0 fully saturated rings. The Morgan fingerprint density at radius 1 is 1.08 bits per heavy atom. The van der Waals surface area contributed by atoms with Crippen molar-refractivity contribution in [3.63, 3.8) is 0 Å². The summed E-state index contributed by atoms with van der Waals surface area (Å²) in [5, 5.41) is 10.4. The van der Waals surface area contributed by atoms with Crippen LogP contribution < -0.4 is 10.6 Å². The highest BCUT2D eigenvalue weighted by Crippen LogP contribution is 2.28. The summed E-state index contributed by atoms with van der Waals surface area (Å²) < 4.78 is 20.4. The van der Waals surface area contributed by atoms with Gasteiger partial charge in [-0.05, 0) is 50.1 Å². The van der Waals surface area contributed by atoms with Gasteiger partial charge in [-0.1, -0.05) is 44.5 Å². The number of halogens is 1. The Labute approximate surface area is 217 Å². The fourth-order valence-electron chi connectivity index (χ4n) is 3.84. The Balaban J connectivity index is 1.83. The largest absolute Gasteiger partial charge is 0.385 e. The lowest BCUT2D eigenvalue weighted by Crippen LogP contribution is -2.41. The minimum absolute atomic E-state index is 0.201. The van der Waals surface area contributed by atoms with Crippen molar-refractivity contribution in [3.8, 4) is 5.69 Å². The SMILES string of the molecule is COCCCN(CC(=O)Nc1cc(C(C)(C)C)nn1-c1ccc(C)cc1C)C(=O)Nc1cccc(F)c1. The molecule has 0 aliphatic rings. The van der Waals surface area contributed by atoms with E-state index in [0.29, 0.717) is 24.5 Å². The molecule has 0 aliphatic carbocycles. The van der Waals surface area contributed by atoms with Gasteiger partial charge < -0.3 is 20.3 Å². The third-order valence-corrected chi connectivity index (χ3v) is 5.80. The number of urea groups is 1. The number of ether oxygens (including phenoxy) is 1. The first-order chi connectivity index (χ1) is 17.5. The minimum Gasteiger partial charge on any atom is -0.385 e. The van der Waals surface area contributed by atoms with Gasteiger partial charge in [0.2, 0.25) is 5.91 Å². The van der Waals surface area contributed by atoms with Gasteiger partial charge in [-0.2, -0.15) is 5.10 Å². The number of aromatic nitrogens is 2. The number of amides is 3. The predicted octanol–water partition coefficient (Wildman–Crippen LogP) is 5.43. The number of benzene rings is 2. The number of methoxy groups -OCH3 is 1. The highest BCUT2D eigenvalue weighted by molar-refractivity contribution is 5.96. The average molecular weight is 510 g/mol. The number of rotatable bonds is 9. The monoisotopic (exact) mass is 509 g/mol. The molecule has 1 heterocycles. The second kappa shape index (κ2) is 12.0. The van der Waals surface area contributed by atoms with E-state index in [-0.39, 0.29) is 24.4 Å². The molecule has 3 amide bonds. The summed E-state index contributed by atoms with van der Waals surface area (Å²) in [7, 11) is 1.57. The Morgan fingerprint density at radius 3 is 2.49 bits per heavy atom. The molecule has 1 aromatic heterocycles. The summed E-state index contributed by atoms with van der Waals surface area (Å²) in [5.41, 5.74) is 3.91. The Morgan fingerprint density at radius 2 is 1.84 bits per heavy atom. The molecule has 3 rings (SSSR count). The van der Waals surface area contributed by atoms with Crippen molar-refractivity contribution in [1.29, 1.82) is 0 Å². The third-order valence-electron chi connectivity index (χ3n) is 5.80. The minimum atomic E-state index is -0.505. The van der Waals surface area contributed by atoms with Crippen LogP contribution in [-0.4, -0.2) is 53.4 Å². The number of carbonyl (C=O) groups excluding carboxylic acids is 2. The van der Waals surface area contributed by atoms with E-state index in [2.05, 4.69) is 37.5 Å². The lowest BCUT2D eigenvalue weighted by molar-refractivity contribution is -0.116. The molecule has 3 aromatic rings. The van der Waals surface area contributed by atoms with E-state index < -0.39 is 11.8 Å². The second-order valence-corrected chi connectivity index (χ2v) is 10.1. The molecule has 37 heavy (non-hydrogen) atoms. The molecule has 0 aliphatic heterocycles. The summed E-state index contributed by atoms with van der Waals surface area (Å²) in [6.07, 6.45) is 0.537. The highest BCUT2D eigenvalue weighted by Gasteiger charge is 2.23. The van der Waals surface area contributed by atoms with Crippen molar-refractivity contribution in [2.24, 2.45) is 0 Å². The molecule has 0 saturated heterocycles. The molecule has 2 N–H and O–H groups in total. The number of nitrogens with one attached hydrogen (secondary N) is 2. The van der Waals surface area contributed by atoms with Gasteiger partial charge in [0.05, 0.1) is 11.4 Å². The van der Waals surface area contributed by atoms with E-state index in [1.807, 2.05) is 32.0 Å². The van der Waals surface area contributed by atoms with Crippen LogP contribution >= 0.6 is 0 Å². The molecular weight excluding hydrogens is 473 g/mol. The zero-order valence-corrected chi connectivity index (χ0v) is 22.4. The van der Waals surface area contributed by atoms with Gasteiger partial charge >= 0.3 is 6.03 Å². The highest BCUT2D eigenvalue weighted by atomic mass is 19.1. The fraction of sp³-hybridized carbons (Fsp3) is 0.393. The number of hydrogen-bond acceptors (Lipinski definition) is 4. The summed E-state index contributed by atoms with van der Waals surface area (Å²) >= 11 is 0. The van der Waals surface area contributed by atoms with Crippen molar-refractivity contribution >= 4 is 23.4 Å². The standard InChI is InChI=1S/C28H36FN5O3/c1-19-11-12-23(20(2)15-19)34-25(17-24(32-34)28(3,4)5)31-26(35)18-33(13-8-14-37-6)27(36)30-22-10-7-9-21(29)16-22/h7,9-12,15-17H,8,13-14,18H2,1-6H3,(H,30,36)(H,31,35). The number of nitrogens with zero attached hydrogens (tertiary/aromatic N) is 3. The summed E-state index contributed by atoms with van der Waals surface area (Å²) in [6, 6.07) is 13.0. The van der Waals surface area contributed by atoms with E-state index in [0.717, 1.165) is 22.5 Å². The molecule has 0 unspecified atom stereocenters. The maximum absolute atomic E-state index is 13.6. The second-order valence-electron chi connectivity index (χ2n) is 10.1. The Bertz CT molecular complexity index is 1250. The molecule has 0 bridgehead atoms. The van der Waals surface area contributed by atoms with Crippen molar-refractivity contribution in [3.05, 3.63) is 71.2 Å². The maximum atomic E-state index is 13.6. The van der Waals surface area contributed by atoms with Crippen LogP contribution in [0.25, 0.3) is 5.69 Å². The van der Waals surface area contributed by atoms with Crippen LogP contribution in [-0.2, 0) is 14.9 Å². The molecular formula is C28H36FN5O3. The fourth-order valence-corrected chi connectivity index (χ4v) is 3.84. The zero-order chi connectivity index (χ0) is 27.2. The van der Waals surface area contributed by atoms with Crippen LogP contribution in [0.5, 0.6) is 0 Å². The Hall–Kier alpha value is -3.72. The van der Waals surface area contributed by atoms with Gasteiger partial charge in [-0.25, -0.2) is 13.9 Å². The molecule has 0 spiro atoms. The van der Waals surface area contributed by atoms with Crippen LogP contribution in [0.2, 0.25) is 0 Å². The molecule has 0 saturated carbocycles. The topological polar surface area (TPSA) is 88.5 Å². The number of anilines is 2. The van der Waals surface area contributed by atoms with E-state index in [4.69, 9.17) is 9.84 Å². The van der Waals surface area contributed by atoms with Crippen LogP contribution in [0, 0.1) is 19.7 Å². The molecule has 0 atom stereocenters. The average Bonchev–Trinajstić information content (AvgIpc) is 3.22. The van der Waals surface area contributed by atoms with Crippen molar-refractivity contribution in [2.45, 2.75) is 46.5 Å². The summed E-state index contributed by atoms with van der Waals surface area (Å²) in [5.74, 6) is -0.321. The molecule has 8 nitrogen and oxygen atoms in total. The first-order valence-corrected chi connectivity index (χ1v) is 12.3. The smallest absolute Gasteiger partial charge is 0.322 e. The predicted molar refractivity (Wildman–Crippen MR) is 144 cm³/mol. The number of carbonyl (C=O) groups is 2. The van der Waals surface area contributed by atoms with Gasteiger partial charge in [0.15, 0.2) is 0 Å². The number of hydrogen-bond donors (Lipinski definition) is 2. The van der Waals surface area contributed by atoms with Crippen LogP contribution in [0.4, 0.5) is 20.7 Å². The van der Waals surface area contributed by atoms with Gasteiger partial charge in [0, 0.05) is 37.4 Å². The zero-order valence-electron chi connectivity index (χ0n) is 22.4. The Kier molecular flexibility index (Phi) is 9.04. The quantitative estimate of drug-likeness (QED) is 0.376. The number of aryl methyl sites for hydroxylation is 2. The van der Waals surface area contributed by atoms with Crippen molar-refractivity contribution in [2.75, 3.05) is 37.4 Å². The lowest BCUT2D eigenvalue weighted by Gasteiger charge is -2.23. The van der Waals surface area contributed by atoms with E-state index in [1.54, 1.807) is 17.9 Å².